The summed E-state index contributed by atoms with van der Waals surface area (Å²) in [6.07, 6.45) is 5.05. The summed E-state index contributed by atoms with van der Waals surface area (Å²) in [5.41, 5.74) is 0.632. The Morgan fingerprint density at radius 2 is 2.17 bits per heavy atom. The summed E-state index contributed by atoms with van der Waals surface area (Å²) in [5, 5.41) is 6.92. The van der Waals surface area contributed by atoms with Crippen LogP contribution in [0.2, 0.25) is 0 Å². The molecule has 1 fully saturated rings. The van der Waals surface area contributed by atoms with Crippen molar-refractivity contribution in [3.63, 3.8) is 0 Å². The lowest BCUT2D eigenvalue weighted by atomic mass is 10.1. The van der Waals surface area contributed by atoms with Crippen molar-refractivity contribution in [1.29, 1.82) is 0 Å². The van der Waals surface area contributed by atoms with Gasteiger partial charge in [-0.1, -0.05) is 5.16 Å². The van der Waals surface area contributed by atoms with Gasteiger partial charge in [-0.05, 0) is 53.9 Å². The molecule has 1 amide bonds. The maximum absolute atomic E-state index is 13.9. The van der Waals surface area contributed by atoms with Crippen molar-refractivity contribution in [2.45, 2.75) is 25.8 Å². The van der Waals surface area contributed by atoms with Crippen molar-refractivity contribution < 1.29 is 13.7 Å². The van der Waals surface area contributed by atoms with Crippen molar-refractivity contribution in [3.8, 4) is 11.5 Å². The van der Waals surface area contributed by atoms with Crippen LogP contribution in [0.1, 0.15) is 29.0 Å². The van der Waals surface area contributed by atoms with Crippen molar-refractivity contribution in [1.82, 2.24) is 25.0 Å². The minimum atomic E-state index is -0.473. The first kappa shape index (κ1) is 19.4. The normalized spacial score (nSPS) is 16.2. The Balaban J connectivity index is 1.54. The molecule has 0 aliphatic carbocycles. The van der Waals surface area contributed by atoms with Crippen LogP contribution in [0.5, 0.6) is 0 Å². The van der Waals surface area contributed by atoms with E-state index in [2.05, 4.69) is 41.4 Å². The fourth-order valence-corrected chi connectivity index (χ4v) is 3.57. The third-order valence-corrected chi connectivity index (χ3v) is 5.13. The van der Waals surface area contributed by atoms with E-state index in [0.29, 0.717) is 36.0 Å². The fraction of sp³-hybridized carbons (Fsp3) is 0.316. The molecule has 4 rings (SSSR count). The number of anilines is 1. The highest BCUT2D eigenvalue weighted by molar-refractivity contribution is 9.10. The third-order valence-electron chi connectivity index (χ3n) is 4.72. The molecule has 3 heterocycles. The number of benzene rings is 1. The van der Waals surface area contributed by atoms with Gasteiger partial charge in [0, 0.05) is 31.5 Å². The molecule has 8 nitrogen and oxygen atoms in total. The van der Waals surface area contributed by atoms with Gasteiger partial charge >= 0.3 is 0 Å². The Kier molecular flexibility index (Phi) is 5.52. The molecular formula is C19H18BrFN6O2. The summed E-state index contributed by atoms with van der Waals surface area (Å²) in [6, 6.07) is 3.95. The first-order valence-electron chi connectivity index (χ1n) is 9.14. The van der Waals surface area contributed by atoms with Crippen LogP contribution in [-0.2, 0) is 0 Å². The smallest absolute Gasteiger partial charge is 0.258 e. The number of halogens is 2. The second-order valence-corrected chi connectivity index (χ2v) is 7.65. The zero-order chi connectivity index (χ0) is 20.4. The van der Waals surface area contributed by atoms with Gasteiger partial charge in [0.25, 0.3) is 11.8 Å². The van der Waals surface area contributed by atoms with Crippen LogP contribution < -0.4 is 5.32 Å². The Morgan fingerprint density at radius 3 is 2.90 bits per heavy atom. The van der Waals surface area contributed by atoms with E-state index in [0.717, 1.165) is 17.3 Å². The predicted octanol–water partition coefficient (Wildman–Crippen LogP) is 3.45. The van der Waals surface area contributed by atoms with Crippen molar-refractivity contribution in [3.05, 3.63) is 52.3 Å². The van der Waals surface area contributed by atoms with Crippen molar-refractivity contribution in [2.75, 3.05) is 18.4 Å². The molecule has 1 unspecified atom stereocenters. The lowest BCUT2D eigenvalue weighted by molar-refractivity contribution is 0.0744. The number of aryl methyl sites for hydroxylation is 1. The molecule has 1 aromatic carbocycles. The summed E-state index contributed by atoms with van der Waals surface area (Å²) in [4.78, 5) is 27.6. The monoisotopic (exact) mass is 460 g/mol. The van der Waals surface area contributed by atoms with E-state index >= 15 is 0 Å². The molecule has 0 saturated carbocycles. The second-order valence-electron chi connectivity index (χ2n) is 6.74. The Bertz CT molecular complexity index is 1030. The number of hydrogen-bond donors (Lipinski definition) is 1. The molecule has 1 saturated heterocycles. The maximum atomic E-state index is 13.9. The van der Waals surface area contributed by atoms with Crippen molar-refractivity contribution in [2.24, 2.45) is 0 Å². The predicted molar refractivity (Wildman–Crippen MR) is 107 cm³/mol. The average molecular weight is 461 g/mol. The first-order chi connectivity index (χ1) is 14.0. The molecule has 0 bridgehead atoms. The van der Waals surface area contributed by atoms with Crippen LogP contribution in [0.3, 0.4) is 0 Å². The SMILES string of the molecule is Cc1noc(-c2cc(F)ccc2C(=O)N2CCCC2CNc2ncc(Br)cn2)n1. The zero-order valence-electron chi connectivity index (χ0n) is 15.6. The fourth-order valence-electron chi connectivity index (χ4n) is 3.37. The van der Waals surface area contributed by atoms with E-state index in [4.69, 9.17) is 4.52 Å². The van der Waals surface area contributed by atoms with Crippen LogP contribution in [0.15, 0.2) is 39.6 Å². The maximum Gasteiger partial charge on any atom is 0.258 e. The number of nitrogens with zero attached hydrogens (tertiary/aromatic N) is 5. The van der Waals surface area contributed by atoms with Gasteiger partial charge in [0.2, 0.25) is 5.95 Å². The average Bonchev–Trinajstić information content (AvgIpc) is 3.36. The molecule has 29 heavy (non-hydrogen) atoms. The minimum Gasteiger partial charge on any atom is -0.352 e. The molecule has 3 aromatic rings. The molecule has 1 N–H and O–H groups in total. The van der Waals surface area contributed by atoms with Crippen LogP contribution in [0, 0.1) is 12.7 Å². The van der Waals surface area contributed by atoms with Gasteiger partial charge in [0.15, 0.2) is 5.82 Å². The Labute approximate surface area is 174 Å². The van der Waals surface area contributed by atoms with Gasteiger partial charge in [-0.3, -0.25) is 4.79 Å². The van der Waals surface area contributed by atoms with Gasteiger partial charge in [-0.2, -0.15) is 4.98 Å². The molecule has 1 atom stereocenters. The zero-order valence-corrected chi connectivity index (χ0v) is 17.2. The standard InChI is InChI=1S/C19H18BrFN6O2/c1-11-25-17(29-26-11)16-7-13(21)4-5-15(16)18(28)27-6-2-3-14(27)10-24-19-22-8-12(20)9-23-19/h4-5,7-9,14H,2-3,6,10H2,1H3,(H,22,23,24). The van der Waals surface area contributed by atoms with Gasteiger partial charge in [-0.15, -0.1) is 0 Å². The van der Waals surface area contributed by atoms with E-state index in [9.17, 15) is 9.18 Å². The van der Waals surface area contributed by atoms with E-state index < -0.39 is 5.82 Å². The number of hydrogen-bond acceptors (Lipinski definition) is 7. The second kappa shape index (κ2) is 8.24. The summed E-state index contributed by atoms with van der Waals surface area (Å²) >= 11 is 3.30. The molecule has 0 radical (unpaired) electrons. The Morgan fingerprint density at radius 1 is 1.38 bits per heavy atom. The third kappa shape index (κ3) is 4.26. The largest absolute Gasteiger partial charge is 0.352 e. The van der Waals surface area contributed by atoms with Gasteiger partial charge in [0.05, 0.1) is 15.6 Å². The summed E-state index contributed by atoms with van der Waals surface area (Å²) in [6.45, 7) is 2.80. The van der Waals surface area contributed by atoms with E-state index in [1.54, 1.807) is 24.2 Å². The van der Waals surface area contributed by atoms with E-state index in [-0.39, 0.29) is 17.8 Å². The van der Waals surface area contributed by atoms with Gasteiger partial charge < -0.3 is 14.7 Å². The van der Waals surface area contributed by atoms with Crippen LogP contribution in [0.4, 0.5) is 10.3 Å². The number of carbonyl (C=O) groups is 1. The number of aromatic nitrogens is 4. The topological polar surface area (TPSA) is 97.0 Å². The molecular weight excluding hydrogens is 443 g/mol. The number of amides is 1. The minimum absolute atomic E-state index is 0.0305. The number of rotatable bonds is 5. The number of likely N-dealkylation sites (tertiary alicyclic amines) is 1. The highest BCUT2D eigenvalue weighted by atomic mass is 79.9. The molecule has 2 aromatic heterocycles. The van der Waals surface area contributed by atoms with Gasteiger partial charge in [-0.25, -0.2) is 14.4 Å². The molecule has 150 valence electrons. The molecule has 10 heteroatoms. The first-order valence-corrected chi connectivity index (χ1v) is 9.93. The molecule has 0 spiro atoms. The lowest BCUT2D eigenvalue weighted by Crippen LogP contribution is -2.40. The van der Waals surface area contributed by atoms with Crippen LogP contribution >= 0.6 is 15.9 Å². The van der Waals surface area contributed by atoms with E-state index in [1.165, 1.54) is 18.2 Å². The lowest BCUT2D eigenvalue weighted by Gasteiger charge is -2.25. The number of carbonyl (C=O) groups excluding carboxylic acids is 1. The van der Waals surface area contributed by atoms with Crippen LogP contribution in [0.25, 0.3) is 11.5 Å². The van der Waals surface area contributed by atoms with E-state index in [1.807, 2.05) is 0 Å². The highest BCUT2D eigenvalue weighted by Crippen LogP contribution is 2.28. The quantitative estimate of drug-likeness (QED) is 0.622. The van der Waals surface area contributed by atoms with Crippen molar-refractivity contribution >= 4 is 27.8 Å². The summed E-state index contributed by atoms with van der Waals surface area (Å²) in [5.74, 6) is 0.371. The summed E-state index contributed by atoms with van der Waals surface area (Å²) in [7, 11) is 0. The number of nitrogens with one attached hydrogen (secondary N) is 1. The highest BCUT2D eigenvalue weighted by Gasteiger charge is 2.31. The molecule has 1 aliphatic rings. The summed E-state index contributed by atoms with van der Waals surface area (Å²) < 4.78 is 19.8. The van der Waals surface area contributed by atoms with Gasteiger partial charge in [0.1, 0.15) is 5.82 Å². The van der Waals surface area contributed by atoms with Crippen LogP contribution in [-0.4, -0.2) is 50.0 Å². The molecule has 1 aliphatic heterocycles. The Hall–Kier alpha value is -2.88.